The Labute approximate surface area is 317 Å². The van der Waals surface area contributed by atoms with Crippen molar-refractivity contribution in [3.63, 3.8) is 0 Å². The van der Waals surface area contributed by atoms with Gasteiger partial charge in [0.25, 0.3) is 0 Å². The molecular weight excluding hydrogens is 683 g/mol. The third-order valence-corrected chi connectivity index (χ3v) is 11.2. The van der Waals surface area contributed by atoms with Gasteiger partial charge in [-0.25, -0.2) is 4.79 Å². The number of carbonyl (C=O) groups is 4. The minimum atomic E-state index is -0.863. The summed E-state index contributed by atoms with van der Waals surface area (Å²) in [4.78, 5) is 58.1. The average Bonchev–Trinajstić information content (AvgIpc) is 3.62. The van der Waals surface area contributed by atoms with Crippen molar-refractivity contribution in [3.05, 3.63) is 35.9 Å². The molecule has 13 heteroatoms. The second kappa shape index (κ2) is 20.9. The molecule has 2 rings (SSSR count). The van der Waals surface area contributed by atoms with Crippen molar-refractivity contribution in [3.8, 4) is 0 Å². The predicted molar refractivity (Wildman–Crippen MR) is 208 cm³/mol. The van der Waals surface area contributed by atoms with Crippen LogP contribution in [0.1, 0.15) is 79.7 Å². The molecule has 0 bridgehead atoms. The van der Waals surface area contributed by atoms with Gasteiger partial charge >= 0.3 is 5.97 Å². The van der Waals surface area contributed by atoms with Crippen LogP contribution in [0.3, 0.4) is 0 Å². The van der Waals surface area contributed by atoms with Crippen LogP contribution in [0.2, 0.25) is 0 Å². The molecule has 1 heterocycles. The lowest BCUT2D eigenvalue weighted by Crippen LogP contribution is -2.61. The smallest absolute Gasteiger partial charge is 0.328 e. The topological polar surface area (TPSA) is 139 Å². The molecule has 1 fully saturated rings. The Kier molecular flexibility index (Phi) is 18.1. The highest BCUT2D eigenvalue weighted by Crippen LogP contribution is 2.30. The number of likely N-dealkylation sites (N-methyl/N-ethyl adjacent to an activating group) is 2. The molecule has 0 aliphatic carbocycles. The monoisotopic (exact) mass is 747 g/mol. The molecular formula is C39H65N5O7S. The van der Waals surface area contributed by atoms with Gasteiger partial charge in [0.2, 0.25) is 17.7 Å². The van der Waals surface area contributed by atoms with E-state index in [-0.39, 0.29) is 47.9 Å². The molecule has 294 valence electrons. The first kappa shape index (κ1) is 45.0. The zero-order valence-corrected chi connectivity index (χ0v) is 34.3. The summed E-state index contributed by atoms with van der Waals surface area (Å²) in [5, 5.41) is 9.17. The zero-order chi connectivity index (χ0) is 39.3. The fourth-order valence-corrected chi connectivity index (χ4v) is 7.24. The number of carbonyl (C=O) groups excluding carboxylic acids is 4. The molecule has 8 atom stereocenters. The van der Waals surface area contributed by atoms with Crippen LogP contribution in [0.25, 0.3) is 0 Å². The van der Waals surface area contributed by atoms with E-state index in [0.29, 0.717) is 18.0 Å². The number of hydrogen-bond acceptors (Lipinski definition) is 9. The minimum absolute atomic E-state index is 0.00725. The van der Waals surface area contributed by atoms with Crippen LogP contribution in [0, 0.1) is 17.8 Å². The molecule has 1 aromatic carbocycles. The van der Waals surface area contributed by atoms with Crippen molar-refractivity contribution in [2.45, 2.75) is 122 Å². The first-order valence-corrected chi connectivity index (χ1v) is 18.9. The fourth-order valence-electron chi connectivity index (χ4n) is 6.96. The molecule has 1 saturated heterocycles. The highest BCUT2D eigenvalue weighted by molar-refractivity contribution is 7.80. The lowest BCUT2D eigenvalue weighted by molar-refractivity contribution is -0.147. The number of ether oxygens (including phenoxy) is 3. The second-order valence-corrected chi connectivity index (χ2v) is 15.4. The van der Waals surface area contributed by atoms with Gasteiger partial charge in [0.1, 0.15) is 12.1 Å². The highest BCUT2D eigenvalue weighted by Gasteiger charge is 2.43. The number of likely N-dealkylation sites (tertiary alicyclic amines) is 1. The Bertz CT molecular complexity index is 1330. The van der Waals surface area contributed by atoms with Crippen molar-refractivity contribution < 1.29 is 33.4 Å². The number of benzene rings is 1. The van der Waals surface area contributed by atoms with Gasteiger partial charge in [0.15, 0.2) is 0 Å². The van der Waals surface area contributed by atoms with E-state index < -0.39 is 41.8 Å². The maximum absolute atomic E-state index is 14.2. The third kappa shape index (κ3) is 11.7. The molecule has 0 radical (unpaired) electrons. The summed E-state index contributed by atoms with van der Waals surface area (Å²) >= 11 is 5.84. The van der Waals surface area contributed by atoms with Crippen LogP contribution in [0.5, 0.6) is 0 Å². The molecule has 3 amide bonds. The zero-order valence-electron chi connectivity index (χ0n) is 33.5. The van der Waals surface area contributed by atoms with Crippen molar-refractivity contribution >= 4 is 40.9 Å². The van der Waals surface area contributed by atoms with Crippen molar-refractivity contribution in [1.29, 1.82) is 0 Å². The van der Waals surface area contributed by atoms with Crippen LogP contribution < -0.4 is 16.0 Å². The normalized spacial score (nSPS) is 18.8. The SMILES string of the molecule is CCC(C)C(C(CC(=O)N1CCC[C@H]1C(OC)C(C)C(=S)NC(Cc1ccccc1)C(=O)OC)OC)N(C)C(=O)C(NC(=O)C(C)(C)NC)C(C)C. The van der Waals surface area contributed by atoms with Gasteiger partial charge < -0.3 is 40.0 Å². The molecule has 0 aromatic heterocycles. The van der Waals surface area contributed by atoms with Gasteiger partial charge in [-0.05, 0) is 51.1 Å². The minimum Gasteiger partial charge on any atom is -0.467 e. The van der Waals surface area contributed by atoms with E-state index in [1.165, 1.54) is 7.11 Å². The van der Waals surface area contributed by atoms with Crippen LogP contribution in [0.15, 0.2) is 30.3 Å². The molecule has 1 aliphatic rings. The number of nitrogens with one attached hydrogen (secondary N) is 3. The Morgan fingerprint density at radius 3 is 2.17 bits per heavy atom. The number of amides is 3. The van der Waals surface area contributed by atoms with Gasteiger partial charge in [-0.1, -0.05) is 83.6 Å². The molecule has 0 saturated carbocycles. The van der Waals surface area contributed by atoms with E-state index in [9.17, 15) is 19.2 Å². The average molecular weight is 748 g/mol. The maximum atomic E-state index is 14.2. The number of hydrogen-bond donors (Lipinski definition) is 3. The van der Waals surface area contributed by atoms with Crippen LogP contribution in [-0.4, -0.2) is 122 Å². The van der Waals surface area contributed by atoms with E-state index >= 15 is 0 Å². The highest BCUT2D eigenvalue weighted by atomic mass is 32.1. The summed E-state index contributed by atoms with van der Waals surface area (Å²) < 4.78 is 17.1. The van der Waals surface area contributed by atoms with Crippen LogP contribution in [-0.2, 0) is 39.8 Å². The summed E-state index contributed by atoms with van der Waals surface area (Å²) in [6, 6.07) is 7.52. The lowest BCUT2D eigenvalue weighted by atomic mass is 9.89. The number of rotatable bonds is 20. The first-order valence-electron chi connectivity index (χ1n) is 18.5. The Balaban J connectivity index is 2.28. The summed E-state index contributed by atoms with van der Waals surface area (Å²) in [7, 11) is 7.98. The molecule has 3 N–H and O–H groups in total. The summed E-state index contributed by atoms with van der Waals surface area (Å²) in [5.41, 5.74) is 0.105. The summed E-state index contributed by atoms with van der Waals surface area (Å²) in [6.07, 6.45) is 1.69. The Morgan fingerprint density at radius 2 is 1.65 bits per heavy atom. The first-order chi connectivity index (χ1) is 24.5. The number of nitrogens with zero attached hydrogens (tertiary/aromatic N) is 2. The van der Waals surface area contributed by atoms with Crippen molar-refractivity contribution in [2.24, 2.45) is 17.8 Å². The van der Waals surface area contributed by atoms with Gasteiger partial charge in [-0.2, -0.15) is 0 Å². The third-order valence-electron chi connectivity index (χ3n) is 10.8. The van der Waals surface area contributed by atoms with E-state index in [0.717, 1.165) is 24.8 Å². The second-order valence-electron chi connectivity index (χ2n) is 14.9. The molecule has 7 unspecified atom stereocenters. The largest absolute Gasteiger partial charge is 0.467 e. The van der Waals surface area contributed by atoms with Gasteiger partial charge in [-0.3, -0.25) is 14.4 Å². The standard InChI is InChI=1S/C39H65N5O7S/c1-13-25(4)33(43(9)36(46)32(24(2)3)42-38(48)39(6,7)40-8)30(49-10)23-31(45)44-21-17-20-29(44)34(50-11)26(5)35(52)41-28(37(47)51-12)22-27-18-15-14-16-19-27/h14-16,18-19,24-26,28-30,32-34,40H,13,17,20-23H2,1-12H3,(H,41,52)(H,42,48)/t25?,26?,28?,29-,30?,32?,33?,34?/m0/s1. The van der Waals surface area contributed by atoms with E-state index in [2.05, 4.69) is 16.0 Å². The number of thiocarbonyl (C=S) groups is 1. The van der Waals surface area contributed by atoms with Crippen LogP contribution >= 0.6 is 12.2 Å². The van der Waals surface area contributed by atoms with E-state index in [4.69, 9.17) is 26.4 Å². The Morgan fingerprint density at radius 1 is 1.02 bits per heavy atom. The maximum Gasteiger partial charge on any atom is 0.328 e. The molecule has 1 aliphatic heterocycles. The number of esters is 1. The molecule has 52 heavy (non-hydrogen) atoms. The predicted octanol–water partition coefficient (Wildman–Crippen LogP) is 3.75. The molecule has 12 nitrogen and oxygen atoms in total. The Hall–Kier alpha value is -3.13. The quantitative estimate of drug-likeness (QED) is 0.134. The van der Waals surface area contributed by atoms with E-state index in [1.54, 1.807) is 47.1 Å². The lowest BCUT2D eigenvalue weighted by Gasteiger charge is -2.41. The van der Waals surface area contributed by atoms with Crippen molar-refractivity contribution in [2.75, 3.05) is 42.0 Å². The van der Waals surface area contributed by atoms with Gasteiger partial charge in [0, 0.05) is 40.2 Å². The van der Waals surface area contributed by atoms with E-state index in [1.807, 2.05) is 69.9 Å². The molecule has 0 spiro atoms. The van der Waals surface area contributed by atoms with Crippen LogP contribution in [0.4, 0.5) is 0 Å². The molecule has 1 aromatic rings. The fraction of sp³-hybridized carbons (Fsp3) is 0.718. The summed E-state index contributed by atoms with van der Waals surface area (Å²) in [6.45, 7) is 13.9. The number of methoxy groups -OCH3 is 3. The van der Waals surface area contributed by atoms with Gasteiger partial charge in [-0.15, -0.1) is 0 Å². The van der Waals surface area contributed by atoms with Crippen molar-refractivity contribution in [1.82, 2.24) is 25.8 Å². The summed E-state index contributed by atoms with van der Waals surface area (Å²) in [5.74, 6) is -1.54. The van der Waals surface area contributed by atoms with Gasteiger partial charge in [0.05, 0.1) is 48.3 Å².